The zero-order valence-electron chi connectivity index (χ0n) is 11.4. The monoisotopic (exact) mass is 270 g/mol. The van der Waals surface area contributed by atoms with E-state index in [1.54, 1.807) is 0 Å². The van der Waals surface area contributed by atoms with Gasteiger partial charge in [-0.2, -0.15) is 0 Å². The van der Waals surface area contributed by atoms with Gasteiger partial charge in [-0.15, -0.1) is 0 Å². The van der Waals surface area contributed by atoms with Crippen LogP contribution in [0.4, 0.5) is 0 Å². The maximum Gasteiger partial charge on any atom is 0.137 e. The number of ether oxygens (including phenoxy) is 1. The number of hydrogen-bond donors (Lipinski definition) is 1. The van der Waals surface area contributed by atoms with Crippen molar-refractivity contribution in [3.63, 3.8) is 0 Å². The second kappa shape index (κ2) is 7.62. The quantitative estimate of drug-likeness (QED) is 0.828. The first-order chi connectivity index (χ1) is 8.52. The van der Waals surface area contributed by atoms with Crippen LogP contribution in [0.3, 0.4) is 0 Å². The third kappa shape index (κ3) is 5.25. The Kier molecular flexibility index (Phi) is 6.47. The lowest BCUT2D eigenvalue weighted by Crippen LogP contribution is -2.21. The summed E-state index contributed by atoms with van der Waals surface area (Å²) in [5.74, 6) is 0.743. The molecule has 3 nitrogen and oxygen atoms in total. The highest BCUT2D eigenvalue weighted by molar-refractivity contribution is 6.32. The molecular weight excluding hydrogens is 248 g/mol. The Balaban J connectivity index is 2.56. The summed E-state index contributed by atoms with van der Waals surface area (Å²) in [7, 11) is 4.03. The van der Waals surface area contributed by atoms with Crippen LogP contribution in [0.1, 0.15) is 18.9 Å². The average molecular weight is 271 g/mol. The number of rotatable bonds is 7. The van der Waals surface area contributed by atoms with Gasteiger partial charge >= 0.3 is 0 Å². The van der Waals surface area contributed by atoms with Crippen molar-refractivity contribution in [2.24, 2.45) is 5.73 Å². The molecule has 1 atom stereocenters. The fourth-order valence-corrected chi connectivity index (χ4v) is 1.83. The largest absolute Gasteiger partial charge is 0.491 e. The highest BCUT2D eigenvalue weighted by atomic mass is 35.5. The second-order valence-electron chi connectivity index (χ2n) is 4.79. The predicted octanol–water partition coefficient (Wildman–Crippen LogP) is 2.56. The molecule has 1 unspecified atom stereocenters. The summed E-state index contributed by atoms with van der Waals surface area (Å²) in [5, 5.41) is 0.662. The lowest BCUT2D eigenvalue weighted by Gasteiger charge is -2.13. The summed E-state index contributed by atoms with van der Waals surface area (Å²) in [6, 6.07) is 6.10. The van der Waals surface area contributed by atoms with Gasteiger partial charge in [-0.25, -0.2) is 0 Å². The van der Waals surface area contributed by atoms with Crippen LogP contribution >= 0.6 is 11.6 Å². The summed E-state index contributed by atoms with van der Waals surface area (Å²) in [5.41, 5.74) is 7.09. The van der Waals surface area contributed by atoms with E-state index in [9.17, 15) is 0 Å². The zero-order valence-corrected chi connectivity index (χ0v) is 12.2. The van der Waals surface area contributed by atoms with E-state index in [0.29, 0.717) is 11.6 Å². The summed E-state index contributed by atoms with van der Waals surface area (Å²) < 4.78 is 5.63. The van der Waals surface area contributed by atoms with E-state index < -0.39 is 0 Å². The molecule has 0 fully saturated rings. The molecule has 0 aromatic heterocycles. The Morgan fingerprint density at radius 2 is 2.11 bits per heavy atom. The first-order valence-corrected chi connectivity index (χ1v) is 6.72. The van der Waals surface area contributed by atoms with E-state index in [0.717, 1.165) is 30.7 Å². The van der Waals surface area contributed by atoms with Crippen LogP contribution in [-0.4, -0.2) is 38.2 Å². The Hall–Kier alpha value is -0.770. The van der Waals surface area contributed by atoms with Crippen molar-refractivity contribution in [3.8, 4) is 5.75 Å². The Morgan fingerprint density at radius 1 is 1.39 bits per heavy atom. The molecule has 1 aromatic carbocycles. The number of hydrogen-bond acceptors (Lipinski definition) is 3. The van der Waals surface area contributed by atoms with E-state index >= 15 is 0 Å². The maximum absolute atomic E-state index is 6.19. The van der Waals surface area contributed by atoms with Crippen molar-refractivity contribution in [1.82, 2.24) is 4.90 Å². The molecule has 0 saturated carbocycles. The second-order valence-corrected chi connectivity index (χ2v) is 5.20. The SMILES string of the molecule is CCC(N)Cc1ccc(OCCN(C)C)c(Cl)c1. The fourth-order valence-electron chi connectivity index (χ4n) is 1.57. The van der Waals surface area contributed by atoms with Crippen LogP contribution in [-0.2, 0) is 6.42 Å². The third-order valence-electron chi connectivity index (χ3n) is 2.81. The van der Waals surface area contributed by atoms with E-state index in [4.69, 9.17) is 22.1 Å². The van der Waals surface area contributed by atoms with Gasteiger partial charge in [0.25, 0.3) is 0 Å². The summed E-state index contributed by atoms with van der Waals surface area (Å²) >= 11 is 6.19. The van der Waals surface area contributed by atoms with Crippen LogP contribution in [0.25, 0.3) is 0 Å². The molecule has 0 bridgehead atoms. The molecule has 0 amide bonds. The van der Waals surface area contributed by atoms with Gasteiger partial charge in [0.15, 0.2) is 0 Å². The van der Waals surface area contributed by atoms with Crippen molar-refractivity contribution in [2.75, 3.05) is 27.2 Å². The number of benzene rings is 1. The number of nitrogens with two attached hydrogens (primary N) is 1. The van der Waals surface area contributed by atoms with Crippen LogP contribution in [0.2, 0.25) is 5.02 Å². The molecule has 0 spiro atoms. The normalized spacial score (nSPS) is 12.8. The molecule has 0 heterocycles. The average Bonchev–Trinajstić information content (AvgIpc) is 2.31. The van der Waals surface area contributed by atoms with E-state index in [1.807, 2.05) is 32.3 Å². The molecule has 0 radical (unpaired) electrons. The van der Waals surface area contributed by atoms with E-state index in [-0.39, 0.29) is 6.04 Å². The molecule has 0 aliphatic carbocycles. The van der Waals surface area contributed by atoms with Gasteiger partial charge in [0.05, 0.1) is 5.02 Å². The Labute approximate surface area is 115 Å². The van der Waals surface area contributed by atoms with Crippen molar-refractivity contribution in [2.45, 2.75) is 25.8 Å². The Morgan fingerprint density at radius 3 is 2.67 bits per heavy atom. The summed E-state index contributed by atoms with van der Waals surface area (Å²) in [6.45, 7) is 3.60. The van der Waals surface area contributed by atoms with Gasteiger partial charge in [0.1, 0.15) is 12.4 Å². The first kappa shape index (κ1) is 15.3. The van der Waals surface area contributed by atoms with Gasteiger partial charge in [0.2, 0.25) is 0 Å². The molecule has 1 rings (SSSR count). The highest BCUT2D eigenvalue weighted by Gasteiger charge is 2.06. The van der Waals surface area contributed by atoms with E-state index in [2.05, 4.69) is 11.8 Å². The van der Waals surface area contributed by atoms with Crippen molar-refractivity contribution in [1.29, 1.82) is 0 Å². The van der Waals surface area contributed by atoms with Crippen molar-refractivity contribution < 1.29 is 4.74 Å². The molecule has 0 aliphatic heterocycles. The van der Waals surface area contributed by atoms with Gasteiger partial charge in [-0.3, -0.25) is 0 Å². The van der Waals surface area contributed by atoms with E-state index in [1.165, 1.54) is 0 Å². The third-order valence-corrected chi connectivity index (χ3v) is 3.11. The lowest BCUT2D eigenvalue weighted by atomic mass is 10.0. The van der Waals surface area contributed by atoms with Crippen molar-refractivity contribution in [3.05, 3.63) is 28.8 Å². The standard InChI is InChI=1S/C14H23ClN2O/c1-4-12(16)9-11-5-6-14(13(15)10-11)18-8-7-17(2)3/h5-6,10,12H,4,7-9,16H2,1-3H3. The fraction of sp³-hybridized carbons (Fsp3) is 0.571. The topological polar surface area (TPSA) is 38.5 Å². The van der Waals surface area contributed by atoms with Crippen LogP contribution in [0, 0.1) is 0 Å². The molecule has 0 saturated heterocycles. The summed E-state index contributed by atoms with van der Waals surface area (Å²) in [6.07, 6.45) is 1.83. The predicted molar refractivity (Wildman–Crippen MR) is 77.5 cm³/mol. The number of likely N-dealkylation sites (N-methyl/N-ethyl adjacent to an activating group) is 1. The van der Waals surface area contributed by atoms with Gasteiger partial charge in [-0.1, -0.05) is 24.6 Å². The minimum atomic E-state index is 0.196. The molecule has 18 heavy (non-hydrogen) atoms. The smallest absolute Gasteiger partial charge is 0.137 e. The molecule has 4 heteroatoms. The number of halogens is 1. The molecule has 0 aliphatic rings. The summed E-state index contributed by atoms with van der Waals surface area (Å²) in [4.78, 5) is 2.07. The minimum absolute atomic E-state index is 0.196. The lowest BCUT2D eigenvalue weighted by molar-refractivity contribution is 0.261. The van der Waals surface area contributed by atoms with Gasteiger partial charge in [-0.05, 0) is 44.6 Å². The highest BCUT2D eigenvalue weighted by Crippen LogP contribution is 2.26. The van der Waals surface area contributed by atoms with Crippen LogP contribution in [0.15, 0.2) is 18.2 Å². The van der Waals surface area contributed by atoms with Gasteiger partial charge in [0, 0.05) is 12.6 Å². The zero-order chi connectivity index (χ0) is 13.5. The molecular formula is C14H23ClN2O. The molecule has 1 aromatic rings. The molecule has 102 valence electrons. The molecule has 2 N–H and O–H groups in total. The van der Waals surface area contributed by atoms with Gasteiger partial charge < -0.3 is 15.4 Å². The first-order valence-electron chi connectivity index (χ1n) is 6.34. The Bertz CT molecular complexity index is 369. The van der Waals surface area contributed by atoms with Crippen molar-refractivity contribution >= 4 is 11.6 Å². The minimum Gasteiger partial charge on any atom is -0.491 e. The van der Waals surface area contributed by atoms with Crippen LogP contribution in [0.5, 0.6) is 5.75 Å². The van der Waals surface area contributed by atoms with Crippen LogP contribution < -0.4 is 10.5 Å². The number of nitrogens with zero attached hydrogens (tertiary/aromatic N) is 1. The maximum atomic E-state index is 6.19.